The SMILES string of the molecule is COC(=O)[C@@H]1C[C@@H]2[C@@H](CC[C@@H](C)N2C(=O)c2scnc2C)O1. The van der Waals surface area contributed by atoms with Crippen molar-refractivity contribution < 1.29 is 19.1 Å². The third-order valence-electron chi connectivity index (χ3n) is 4.56. The summed E-state index contributed by atoms with van der Waals surface area (Å²) in [6.45, 7) is 3.90. The second-order valence-electron chi connectivity index (χ2n) is 5.90. The molecule has 1 aromatic rings. The lowest BCUT2D eigenvalue weighted by Crippen LogP contribution is -2.53. The Balaban J connectivity index is 1.84. The van der Waals surface area contributed by atoms with Gasteiger partial charge in [0.25, 0.3) is 5.91 Å². The van der Waals surface area contributed by atoms with E-state index < -0.39 is 6.10 Å². The molecule has 7 heteroatoms. The third-order valence-corrected chi connectivity index (χ3v) is 5.48. The number of amides is 1. The molecular weight excluding hydrogens is 304 g/mol. The van der Waals surface area contributed by atoms with Gasteiger partial charge in [0, 0.05) is 12.5 Å². The van der Waals surface area contributed by atoms with E-state index in [0.717, 1.165) is 18.5 Å². The lowest BCUT2D eigenvalue weighted by atomic mass is 9.92. The summed E-state index contributed by atoms with van der Waals surface area (Å²) in [6.07, 6.45) is 1.59. The standard InChI is InChI=1S/C15H20N2O4S/c1-8-4-5-11-10(6-12(21-11)15(19)20-3)17(8)14(18)13-9(2)16-7-22-13/h7-8,10-12H,4-6H2,1-3H3/t8-,10-,11-,12+/m1/s1. The van der Waals surface area contributed by atoms with Gasteiger partial charge in [-0.05, 0) is 26.7 Å². The van der Waals surface area contributed by atoms with E-state index in [1.54, 1.807) is 5.51 Å². The van der Waals surface area contributed by atoms with Gasteiger partial charge in [0.05, 0.1) is 30.5 Å². The molecule has 1 aromatic heterocycles. The minimum absolute atomic E-state index is 0.00341. The van der Waals surface area contributed by atoms with E-state index >= 15 is 0 Å². The van der Waals surface area contributed by atoms with Gasteiger partial charge in [-0.15, -0.1) is 11.3 Å². The molecule has 120 valence electrons. The first-order valence-corrected chi connectivity index (χ1v) is 8.37. The summed E-state index contributed by atoms with van der Waals surface area (Å²) in [4.78, 5) is 31.4. The van der Waals surface area contributed by atoms with Gasteiger partial charge in [-0.1, -0.05) is 0 Å². The molecule has 4 atom stereocenters. The number of thiazole rings is 1. The van der Waals surface area contributed by atoms with Crippen LogP contribution in [-0.2, 0) is 14.3 Å². The summed E-state index contributed by atoms with van der Waals surface area (Å²) < 4.78 is 10.6. The van der Waals surface area contributed by atoms with Gasteiger partial charge >= 0.3 is 5.97 Å². The van der Waals surface area contributed by atoms with Crippen molar-refractivity contribution in [2.75, 3.05) is 7.11 Å². The van der Waals surface area contributed by atoms with Crippen LogP contribution in [0.25, 0.3) is 0 Å². The molecule has 3 rings (SSSR count). The van der Waals surface area contributed by atoms with E-state index in [1.165, 1.54) is 18.4 Å². The summed E-state index contributed by atoms with van der Waals surface area (Å²) in [5.41, 5.74) is 2.45. The van der Waals surface area contributed by atoms with Gasteiger partial charge in [0.1, 0.15) is 4.88 Å². The number of hydrogen-bond acceptors (Lipinski definition) is 6. The number of likely N-dealkylation sites (tertiary alicyclic amines) is 1. The molecule has 2 aliphatic rings. The van der Waals surface area contributed by atoms with Gasteiger partial charge in [-0.2, -0.15) is 0 Å². The van der Waals surface area contributed by atoms with Crippen LogP contribution in [0.3, 0.4) is 0 Å². The topological polar surface area (TPSA) is 68.7 Å². The van der Waals surface area contributed by atoms with Gasteiger partial charge in [0.2, 0.25) is 0 Å². The molecule has 0 spiro atoms. The van der Waals surface area contributed by atoms with E-state index in [1.807, 2.05) is 11.8 Å². The number of fused-ring (bicyclic) bond motifs is 1. The molecule has 2 fully saturated rings. The fraction of sp³-hybridized carbons (Fsp3) is 0.667. The maximum Gasteiger partial charge on any atom is 0.335 e. The van der Waals surface area contributed by atoms with Crippen molar-refractivity contribution in [1.82, 2.24) is 9.88 Å². The molecule has 2 saturated heterocycles. The highest BCUT2D eigenvalue weighted by Gasteiger charge is 2.48. The number of carbonyl (C=O) groups excluding carboxylic acids is 2. The van der Waals surface area contributed by atoms with Crippen LogP contribution in [0.1, 0.15) is 41.6 Å². The summed E-state index contributed by atoms with van der Waals surface area (Å²) in [7, 11) is 1.36. The van der Waals surface area contributed by atoms with Crippen molar-refractivity contribution in [3.63, 3.8) is 0 Å². The Hall–Kier alpha value is -1.47. The van der Waals surface area contributed by atoms with E-state index in [2.05, 4.69) is 11.9 Å². The number of aryl methyl sites for hydroxylation is 1. The minimum atomic E-state index is -0.567. The highest BCUT2D eigenvalue weighted by atomic mass is 32.1. The molecule has 0 radical (unpaired) electrons. The summed E-state index contributed by atoms with van der Waals surface area (Å²) in [6, 6.07) is 0.0668. The highest BCUT2D eigenvalue weighted by Crippen LogP contribution is 2.36. The van der Waals surface area contributed by atoms with E-state index in [4.69, 9.17) is 9.47 Å². The zero-order valence-corrected chi connectivity index (χ0v) is 13.8. The van der Waals surface area contributed by atoms with Gasteiger partial charge in [-0.3, -0.25) is 4.79 Å². The molecule has 6 nitrogen and oxygen atoms in total. The normalized spacial score (nSPS) is 31.0. The largest absolute Gasteiger partial charge is 0.467 e. The Kier molecular flexibility index (Phi) is 4.18. The Labute approximate surface area is 133 Å². The first kappa shape index (κ1) is 15.4. The number of hydrogen-bond donors (Lipinski definition) is 0. The number of carbonyl (C=O) groups is 2. The summed E-state index contributed by atoms with van der Waals surface area (Å²) in [5, 5.41) is 0. The molecule has 3 heterocycles. The number of nitrogens with zero attached hydrogens (tertiary/aromatic N) is 2. The van der Waals surface area contributed by atoms with Crippen molar-refractivity contribution in [2.24, 2.45) is 0 Å². The summed E-state index contributed by atoms with van der Waals surface area (Å²) in [5.74, 6) is -0.361. The van der Waals surface area contributed by atoms with Gasteiger partial charge in [0.15, 0.2) is 6.10 Å². The Morgan fingerprint density at radius 3 is 2.86 bits per heavy atom. The molecule has 0 bridgehead atoms. The van der Waals surface area contributed by atoms with E-state index in [0.29, 0.717) is 11.3 Å². The van der Waals surface area contributed by atoms with Crippen LogP contribution < -0.4 is 0 Å². The summed E-state index contributed by atoms with van der Waals surface area (Å²) >= 11 is 1.36. The maximum atomic E-state index is 12.9. The van der Waals surface area contributed by atoms with Crippen molar-refractivity contribution in [3.05, 3.63) is 16.1 Å². The zero-order chi connectivity index (χ0) is 15.9. The quantitative estimate of drug-likeness (QED) is 0.776. The molecule has 2 aliphatic heterocycles. The Morgan fingerprint density at radius 1 is 1.45 bits per heavy atom. The Bertz CT molecular complexity index is 588. The lowest BCUT2D eigenvalue weighted by Gasteiger charge is -2.41. The number of ether oxygens (including phenoxy) is 2. The number of aromatic nitrogens is 1. The average molecular weight is 324 g/mol. The average Bonchev–Trinajstić information content (AvgIpc) is 3.11. The maximum absolute atomic E-state index is 12.9. The van der Waals surface area contributed by atoms with Crippen LogP contribution in [0.4, 0.5) is 0 Å². The molecule has 0 unspecified atom stereocenters. The Morgan fingerprint density at radius 2 is 2.23 bits per heavy atom. The third kappa shape index (κ3) is 2.52. The van der Waals surface area contributed by atoms with Crippen LogP contribution in [0.5, 0.6) is 0 Å². The monoisotopic (exact) mass is 324 g/mol. The van der Waals surface area contributed by atoms with Gasteiger partial charge < -0.3 is 14.4 Å². The molecule has 22 heavy (non-hydrogen) atoms. The predicted octanol–water partition coefficient (Wildman–Crippen LogP) is 1.78. The number of esters is 1. The van der Waals surface area contributed by atoms with Gasteiger partial charge in [-0.25, -0.2) is 9.78 Å². The van der Waals surface area contributed by atoms with Crippen LogP contribution in [0.15, 0.2) is 5.51 Å². The second-order valence-corrected chi connectivity index (χ2v) is 6.75. The highest BCUT2D eigenvalue weighted by molar-refractivity contribution is 7.11. The molecule has 0 aromatic carbocycles. The molecular formula is C15H20N2O4S. The van der Waals surface area contributed by atoms with Crippen LogP contribution in [0.2, 0.25) is 0 Å². The van der Waals surface area contributed by atoms with Crippen LogP contribution >= 0.6 is 11.3 Å². The molecule has 0 aliphatic carbocycles. The number of methoxy groups -OCH3 is 1. The van der Waals surface area contributed by atoms with Crippen molar-refractivity contribution >= 4 is 23.2 Å². The first-order valence-electron chi connectivity index (χ1n) is 7.49. The molecule has 1 amide bonds. The smallest absolute Gasteiger partial charge is 0.335 e. The number of rotatable bonds is 2. The first-order chi connectivity index (χ1) is 10.5. The fourth-order valence-electron chi connectivity index (χ4n) is 3.41. The van der Waals surface area contributed by atoms with Crippen LogP contribution in [-0.4, -0.2) is 53.2 Å². The molecule has 0 N–H and O–H groups in total. The van der Waals surface area contributed by atoms with Crippen molar-refractivity contribution in [2.45, 2.75) is 57.4 Å². The van der Waals surface area contributed by atoms with Crippen molar-refractivity contribution in [1.29, 1.82) is 0 Å². The second kappa shape index (κ2) is 5.96. The number of piperidine rings is 1. The van der Waals surface area contributed by atoms with E-state index in [9.17, 15) is 9.59 Å². The zero-order valence-electron chi connectivity index (χ0n) is 12.9. The fourth-order valence-corrected chi connectivity index (χ4v) is 4.16. The van der Waals surface area contributed by atoms with Crippen LogP contribution in [0, 0.1) is 6.92 Å². The predicted molar refractivity (Wildman–Crippen MR) is 80.8 cm³/mol. The molecule has 0 saturated carbocycles. The van der Waals surface area contributed by atoms with Crippen molar-refractivity contribution in [3.8, 4) is 0 Å². The van der Waals surface area contributed by atoms with E-state index in [-0.39, 0.29) is 30.1 Å². The minimum Gasteiger partial charge on any atom is -0.467 e. The lowest BCUT2D eigenvalue weighted by molar-refractivity contribution is -0.153.